The topological polar surface area (TPSA) is 41.3 Å². The summed E-state index contributed by atoms with van der Waals surface area (Å²) in [6.07, 6.45) is 2.47. The number of carbonyl (C=O) groups excluding carboxylic acids is 1. The Balaban J connectivity index is 2.19. The predicted octanol–water partition coefficient (Wildman–Crippen LogP) is 0.950. The van der Waals surface area contributed by atoms with Gasteiger partial charge in [0.25, 0.3) is 5.91 Å². The fourth-order valence-corrected chi connectivity index (χ4v) is 1.68. The van der Waals surface area contributed by atoms with Crippen molar-refractivity contribution in [1.29, 1.82) is 0 Å². The van der Waals surface area contributed by atoms with Gasteiger partial charge in [-0.2, -0.15) is 0 Å². The fraction of sp³-hybridized carbons (Fsp3) is 0.333. The molecule has 1 amide bonds. The number of methoxy groups -OCH3 is 1. The molecule has 1 aliphatic rings. The first-order chi connectivity index (χ1) is 7.69. The molecule has 1 N–H and O–H groups in total. The van der Waals surface area contributed by atoms with Gasteiger partial charge in [0.05, 0.1) is 13.5 Å². The van der Waals surface area contributed by atoms with Crippen LogP contribution in [0.1, 0.15) is 18.9 Å². The second-order valence-corrected chi connectivity index (χ2v) is 3.90. The molecule has 1 aromatic rings. The number of ether oxygens (including phenoxy) is 1. The van der Waals surface area contributed by atoms with Crippen molar-refractivity contribution in [2.45, 2.75) is 19.4 Å². The van der Waals surface area contributed by atoms with Gasteiger partial charge in [-0.25, -0.2) is 0 Å². The van der Waals surface area contributed by atoms with E-state index in [0.717, 1.165) is 11.3 Å². The standard InChI is InChI=1S/C12H14N2O2/c1-9-7-12(15)13-14(9)8-10-3-5-11(16-2)6-4-10/h3-6,8-9H,7H2,1-2H3/p+1. The van der Waals surface area contributed by atoms with Crippen molar-refractivity contribution in [1.82, 2.24) is 5.43 Å². The molecule has 1 heterocycles. The Hall–Kier alpha value is -1.84. The molecule has 2 rings (SSSR count). The van der Waals surface area contributed by atoms with Crippen molar-refractivity contribution in [3.05, 3.63) is 29.8 Å². The minimum atomic E-state index is 0.0669. The van der Waals surface area contributed by atoms with Crippen molar-refractivity contribution in [2.24, 2.45) is 0 Å². The van der Waals surface area contributed by atoms with Gasteiger partial charge >= 0.3 is 0 Å². The second-order valence-electron chi connectivity index (χ2n) is 3.90. The van der Waals surface area contributed by atoms with E-state index in [1.54, 1.807) is 7.11 Å². The summed E-state index contributed by atoms with van der Waals surface area (Å²) in [6, 6.07) is 7.91. The summed E-state index contributed by atoms with van der Waals surface area (Å²) in [5.74, 6) is 0.896. The molecule has 84 valence electrons. The molecule has 0 radical (unpaired) electrons. The van der Waals surface area contributed by atoms with Crippen molar-refractivity contribution in [3.8, 4) is 5.75 Å². The molecule has 4 nitrogen and oxygen atoms in total. The molecule has 0 aliphatic carbocycles. The second kappa shape index (κ2) is 4.35. The van der Waals surface area contributed by atoms with Gasteiger partial charge < -0.3 is 4.74 Å². The molecule has 1 aromatic carbocycles. The number of hydrogen-bond acceptors (Lipinski definition) is 2. The van der Waals surface area contributed by atoms with Gasteiger partial charge in [-0.3, -0.25) is 4.79 Å². The quantitative estimate of drug-likeness (QED) is 0.752. The molecule has 16 heavy (non-hydrogen) atoms. The van der Waals surface area contributed by atoms with Crippen LogP contribution in [-0.2, 0) is 4.79 Å². The minimum Gasteiger partial charge on any atom is -0.497 e. The summed E-state index contributed by atoms with van der Waals surface area (Å²) in [4.78, 5) is 11.2. The van der Waals surface area contributed by atoms with Gasteiger partial charge in [-0.1, -0.05) is 0 Å². The van der Waals surface area contributed by atoms with E-state index in [2.05, 4.69) is 5.43 Å². The van der Waals surface area contributed by atoms with E-state index < -0.39 is 0 Å². The molecule has 0 aromatic heterocycles. The zero-order valence-electron chi connectivity index (χ0n) is 9.43. The largest absolute Gasteiger partial charge is 0.497 e. The van der Waals surface area contributed by atoms with E-state index in [0.29, 0.717) is 6.42 Å². The Morgan fingerprint density at radius 1 is 1.44 bits per heavy atom. The number of hydrazine groups is 1. The van der Waals surface area contributed by atoms with E-state index in [9.17, 15) is 4.79 Å². The highest BCUT2D eigenvalue weighted by Gasteiger charge is 2.29. The maximum atomic E-state index is 11.2. The maximum Gasteiger partial charge on any atom is 0.281 e. The van der Waals surface area contributed by atoms with Crippen molar-refractivity contribution < 1.29 is 14.2 Å². The summed E-state index contributed by atoms with van der Waals surface area (Å²) < 4.78 is 6.92. The third kappa shape index (κ3) is 2.21. The summed E-state index contributed by atoms with van der Waals surface area (Å²) in [5.41, 5.74) is 3.83. The summed E-state index contributed by atoms with van der Waals surface area (Å²) >= 11 is 0. The van der Waals surface area contributed by atoms with Crippen LogP contribution < -0.4 is 10.2 Å². The maximum absolute atomic E-state index is 11.2. The smallest absolute Gasteiger partial charge is 0.281 e. The number of hydrogen-bond donors (Lipinski definition) is 1. The third-order valence-corrected chi connectivity index (χ3v) is 2.61. The first-order valence-electron chi connectivity index (χ1n) is 5.26. The molecular weight excluding hydrogens is 204 g/mol. The molecule has 0 spiro atoms. The van der Waals surface area contributed by atoms with E-state index in [1.165, 1.54) is 0 Å². The van der Waals surface area contributed by atoms with Crippen LogP contribution in [0.15, 0.2) is 24.3 Å². The van der Waals surface area contributed by atoms with Gasteiger partial charge in [0.2, 0.25) is 6.21 Å². The SMILES string of the molecule is COc1ccc(C=[N+]2NC(=O)CC2C)cc1. The lowest BCUT2D eigenvalue weighted by Crippen LogP contribution is -2.28. The van der Waals surface area contributed by atoms with Crippen LogP contribution in [-0.4, -0.2) is 30.0 Å². The van der Waals surface area contributed by atoms with Crippen molar-refractivity contribution in [3.63, 3.8) is 0 Å². The molecule has 1 aliphatic heterocycles. The Morgan fingerprint density at radius 3 is 2.62 bits per heavy atom. The molecule has 1 saturated heterocycles. The number of nitrogens with one attached hydrogen (secondary N) is 1. The van der Waals surface area contributed by atoms with Gasteiger partial charge in [0, 0.05) is 12.5 Å². The number of benzene rings is 1. The number of nitrogens with zero attached hydrogens (tertiary/aromatic N) is 1. The number of amides is 1. The van der Waals surface area contributed by atoms with E-state index >= 15 is 0 Å². The van der Waals surface area contributed by atoms with Crippen LogP contribution in [0.25, 0.3) is 0 Å². The number of rotatable bonds is 2. The Bertz CT molecular complexity index is 423. The molecular formula is C12H15N2O2+. The lowest BCUT2D eigenvalue weighted by molar-refractivity contribution is -0.585. The summed E-state index contributed by atoms with van der Waals surface area (Å²) in [5, 5.41) is 0. The van der Waals surface area contributed by atoms with Gasteiger partial charge in [0.15, 0.2) is 6.04 Å². The average molecular weight is 219 g/mol. The first-order valence-corrected chi connectivity index (χ1v) is 5.26. The van der Waals surface area contributed by atoms with Crippen LogP contribution >= 0.6 is 0 Å². The molecule has 1 atom stereocenters. The summed E-state index contributed by atoms with van der Waals surface area (Å²) in [6.45, 7) is 2.01. The molecule has 1 fully saturated rings. The van der Waals surface area contributed by atoms with Gasteiger partial charge in [0.1, 0.15) is 5.75 Å². The molecule has 4 heteroatoms. The normalized spacial score (nSPS) is 22.2. The van der Waals surface area contributed by atoms with Gasteiger partial charge in [-0.05, 0) is 24.3 Å². The monoisotopic (exact) mass is 219 g/mol. The van der Waals surface area contributed by atoms with Crippen molar-refractivity contribution >= 4 is 12.1 Å². The van der Waals surface area contributed by atoms with Crippen LogP contribution in [0.3, 0.4) is 0 Å². The highest BCUT2D eigenvalue weighted by molar-refractivity contribution is 5.80. The third-order valence-electron chi connectivity index (χ3n) is 2.61. The van der Waals surface area contributed by atoms with Crippen LogP contribution in [0.2, 0.25) is 0 Å². The van der Waals surface area contributed by atoms with Gasteiger partial charge in [-0.15, -0.1) is 10.1 Å². The Morgan fingerprint density at radius 2 is 2.12 bits per heavy atom. The van der Waals surface area contributed by atoms with E-state index in [1.807, 2.05) is 42.1 Å². The van der Waals surface area contributed by atoms with Crippen LogP contribution in [0.5, 0.6) is 5.75 Å². The lowest BCUT2D eigenvalue weighted by atomic mass is 10.2. The highest BCUT2D eigenvalue weighted by Crippen LogP contribution is 2.10. The zero-order valence-corrected chi connectivity index (χ0v) is 9.43. The summed E-state index contributed by atoms with van der Waals surface area (Å²) in [7, 11) is 1.64. The van der Waals surface area contributed by atoms with E-state index in [-0.39, 0.29) is 11.9 Å². The first kappa shape index (κ1) is 10.7. The molecule has 0 bridgehead atoms. The van der Waals surface area contributed by atoms with E-state index in [4.69, 9.17) is 4.74 Å². The number of hydrazone groups is 1. The average Bonchev–Trinajstić information content (AvgIpc) is 2.59. The predicted molar refractivity (Wildman–Crippen MR) is 60.6 cm³/mol. The molecule has 1 unspecified atom stereocenters. The minimum absolute atomic E-state index is 0.0669. The van der Waals surface area contributed by atoms with Crippen molar-refractivity contribution in [2.75, 3.05) is 7.11 Å². The number of carbonyl (C=O) groups is 1. The fourth-order valence-electron chi connectivity index (χ4n) is 1.68. The Kier molecular flexibility index (Phi) is 2.90. The molecule has 0 saturated carbocycles. The van der Waals surface area contributed by atoms with Crippen LogP contribution in [0, 0.1) is 0 Å². The zero-order chi connectivity index (χ0) is 11.5. The Labute approximate surface area is 94.5 Å². The lowest BCUT2D eigenvalue weighted by Gasteiger charge is -2.00. The van der Waals surface area contributed by atoms with Crippen LogP contribution in [0.4, 0.5) is 0 Å². The highest BCUT2D eigenvalue weighted by atomic mass is 16.5.